The van der Waals surface area contributed by atoms with Gasteiger partial charge in [0.15, 0.2) is 0 Å². The smallest absolute Gasteiger partial charge is 0.307 e. The zero-order chi connectivity index (χ0) is 8.72. The molecule has 0 amide bonds. The predicted molar refractivity (Wildman–Crippen MR) is 41.7 cm³/mol. The van der Waals surface area contributed by atoms with Crippen molar-refractivity contribution in [3.8, 4) is 0 Å². The van der Waals surface area contributed by atoms with Crippen LogP contribution in [0.1, 0.15) is 18.0 Å². The molecular weight excluding hydrogens is 156 g/mol. The lowest BCUT2D eigenvalue weighted by atomic mass is 10.2. The first-order valence-corrected chi connectivity index (χ1v) is 3.89. The van der Waals surface area contributed by atoms with Gasteiger partial charge in [0.2, 0.25) is 0 Å². The van der Waals surface area contributed by atoms with Gasteiger partial charge in [0.05, 0.1) is 17.9 Å². The van der Waals surface area contributed by atoms with Crippen molar-refractivity contribution < 1.29 is 9.90 Å². The Hall–Kier alpha value is -1.32. The standard InChI is InChI=1S/C8H10N2O2/c1-10-3-7(9-4-10)5-2-6(5)8(11)12/h3-6H,2H2,1H3,(H,11,12)/t5-,6-/m1/s1. The zero-order valence-electron chi connectivity index (χ0n) is 6.77. The summed E-state index contributed by atoms with van der Waals surface area (Å²) < 4.78 is 1.84. The number of aryl methyl sites for hydroxylation is 1. The summed E-state index contributed by atoms with van der Waals surface area (Å²) >= 11 is 0. The lowest BCUT2D eigenvalue weighted by Gasteiger charge is -1.89. The minimum atomic E-state index is -0.703. The number of hydrogen-bond acceptors (Lipinski definition) is 2. The third-order valence-corrected chi connectivity index (χ3v) is 2.21. The Morgan fingerprint density at radius 3 is 3.00 bits per heavy atom. The van der Waals surface area contributed by atoms with Crippen LogP contribution < -0.4 is 0 Å². The Morgan fingerprint density at radius 1 is 1.83 bits per heavy atom. The van der Waals surface area contributed by atoms with Crippen LogP contribution >= 0.6 is 0 Å². The predicted octanol–water partition coefficient (Wildman–Crippen LogP) is 0.608. The summed E-state index contributed by atoms with van der Waals surface area (Å²) in [6.45, 7) is 0. The maximum absolute atomic E-state index is 10.5. The van der Waals surface area contributed by atoms with Crippen molar-refractivity contribution in [1.29, 1.82) is 0 Å². The molecule has 0 aliphatic heterocycles. The highest BCUT2D eigenvalue weighted by Gasteiger charge is 2.45. The van der Waals surface area contributed by atoms with Crippen LogP contribution in [0.25, 0.3) is 0 Å². The van der Waals surface area contributed by atoms with Crippen LogP contribution in [0.3, 0.4) is 0 Å². The van der Waals surface area contributed by atoms with E-state index in [-0.39, 0.29) is 11.8 Å². The van der Waals surface area contributed by atoms with Crippen LogP contribution in [0.2, 0.25) is 0 Å². The number of aromatic nitrogens is 2. The molecule has 1 aliphatic rings. The Bertz CT molecular complexity index is 319. The molecule has 1 saturated carbocycles. The summed E-state index contributed by atoms with van der Waals surface area (Å²) in [6.07, 6.45) is 4.33. The Kier molecular flexibility index (Phi) is 1.43. The third-order valence-electron chi connectivity index (χ3n) is 2.21. The zero-order valence-corrected chi connectivity index (χ0v) is 6.77. The van der Waals surface area contributed by atoms with Gasteiger partial charge in [-0.1, -0.05) is 0 Å². The highest BCUT2D eigenvalue weighted by molar-refractivity contribution is 5.74. The number of hydrogen-bond donors (Lipinski definition) is 1. The van der Waals surface area contributed by atoms with Crippen molar-refractivity contribution >= 4 is 5.97 Å². The highest BCUT2D eigenvalue weighted by atomic mass is 16.4. The molecule has 4 nitrogen and oxygen atoms in total. The first-order valence-electron chi connectivity index (χ1n) is 3.89. The Balaban J connectivity index is 2.10. The molecule has 1 aliphatic carbocycles. The molecule has 0 aromatic carbocycles. The molecule has 2 atom stereocenters. The lowest BCUT2D eigenvalue weighted by Crippen LogP contribution is -1.98. The van der Waals surface area contributed by atoms with E-state index in [9.17, 15) is 4.79 Å². The van der Waals surface area contributed by atoms with E-state index in [0.717, 1.165) is 12.1 Å². The van der Waals surface area contributed by atoms with Gasteiger partial charge in [-0.05, 0) is 6.42 Å². The van der Waals surface area contributed by atoms with E-state index in [1.807, 2.05) is 17.8 Å². The molecule has 12 heavy (non-hydrogen) atoms. The van der Waals surface area contributed by atoms with Gasteiger partial charge < -0.3 is 9.67 Å². The fourth-order valence-corrected chi connectivity index (χ4v) is 1.42. The van der Waals surface area contributed by atoms with E-state index in [1.165, 1.54) is 0 Å². The second kappa shape index (κ2) is 2.33. The quantitative estimate of drug-likeness (QED) is 0.700. The van der Waals surface area contributed by atoms with Crippen molar-refractivity contribution in [2.45, 2.75) is 12.3 Å². The molecule has 1 aromatic rings. The van der Waals surface area contributed by atoms with E-state index in [4.69, 9.17) is 5.11 Å². The largest absolute Gasteiger partial charge is 0.481 e. The Morgan fingerprint density at radius 2 is 2.58 bits per heavy atom. The monoisotopic (exact) mass is 166 g/mol. The van der Waals surface area contributed by atoms with Crippen molar-refractivity contribution in [2.75, 3.05) is 0 Å². The van der Waals surface area contributed by atoms with Crippen LogP contribution in [-0.4, -0.2) is 20.6 Å². The van der Waals surface area contributed by atoms with Gasteiger partial charge >= 0.3 is 5.97 Å². The molecular formula is C8H10N2O2. The van der Waals surface area contributed by atoms with E-state index >= 15 is 0 Å². The van der Waals surface area contributed by atoms with Gasteiger partial charge in [-0.2, -0.15) is 0 Å². The number of rotatable bonds is 2. The van der Waals surface area contributed by atoms with Crippen LogP contribution in [-0.2, 0) is 11.8 Å². The second-order valence-corrected chi connectivity index (χ2v) is 3.25. The van der Waals surface area contributed by atoms with E-state index < -0.39 is 5.97 Å². The van der Waals surface area contributed by atoms with Crippen molar-refractivity contribution in [3.63, 3.8) is 0 Å². The van der Waals surface area contributed by atoms with Gasteiger partial charge in [-0.25, -0.2) is 4.98 Å². The van der Waals surface area contributed by atoms with E-state index in [1.54, 1.807) is 6.33 Å². The van der Waals surface area contributed by atoms with E-state index in [0.29, 0.717) is 0 Å². The summed E-state index contributed by atoms with van der Waals surface area (Å²) in [7, 11) is 1.88. The van der Waals surface area contributed by atoms with Crippen LogP contribution in [0.15, 0.2) is 12.5 Å². The highest BCUT2D eigenvalue weighted by Crippen LogP contribution is 2.46. The lowest BCUT2D eigenvalue weighted by molar-refractivity contribution is -0.138. The topological polar surface area (TPSA) is 55.1 Å². The summed E-state index contributed by atoms with van der Waals surface area (Å²) in [6, 6.07) is 0. The van der Waals surface area contributed by atoms with Gasteiger partial charge in [0, 0.05) is 19.2 Å². The minimum absolute atomic E-state index is 0.156. The molecule has 64 valence electrons. The third kappa shape index (κ3) is 1.09. The molecule has 1 aromatic heterocycles. The number of imidazole rings is 1. The van der Waals surface area contributed by atoms with Crippen LogP contribution in [0.4, 0.5) is 0 Å². The van der Waals surface area contributed by atoms with Crippen molar-refractivity contribution in [3.05, 3.63) is 18.2 Å². The Labute approximate surface area is 69.8 Å². The molecule has 1 heterocycles. The molecule has 4 heteroatoms. The number of nitrogens with zero attached hydrogens (tertiary/aromatic N) is 2. The molecule has 0 spiro atoms. The summed E-state index contributed by atoms with van der Waals surface area (Å²) in [4.78, 5) is 14.6. The van der Waals surface area contributed by atoms with E-state index in [2.05, 4.69) is 4.98 Å². The number of carboxylic acids is 1. The SMILES string of the molecule is Cn1cnc([C@@H]2C[C@H]2C(=O)O)c1. The number of carboxylic acid groups (broad SMARTS) is 1. The average Bonchev–Trinajstić information content (AvgIpc) is 2.70. The molecule has 2 rings (SSSR count). The summed E-state index contributed by atoms with van der Waals surface area (Å²) in [5, 5.41) is 8.66. The van der Waals surface area contributed by atoms with Crippen molar-refractivity contribution in [1.82, 2.24) is 9.55 Å². The van der Waals surface area contributed by atoms with Gasteiger partial charge in [-0.3, -0.25) is 4.79 Å². The fourth-order valence-electron chi connectivity index (χ4n) is 1.42. The van der Waals surface area contributed by atoms with Gasteiger partial charge in [0.25, 0.3) is 0 Å². The number of aliphatic carboxylic acids is 1. The fraction of sp³-hybridized carbons (Fsp3) is 0.500. The molecule has 0 bridgehead atoms. The van der Waals surface area contributed by atoms with Crippen LogP contribution in [0, 0.1) is 5.92 Å². The first kappa shape index (κ1) is 7.34. The van der Waals surface area contributed by atoms with Crippen LogP contribution in [0.5, 0.6) is 0 Å². The second-order valence-electron chi connectivity index (χ2n) is 3.25. The summed E-state index contributed by atoms with van der Waals surface area (Å²) in [5.41, 5.74) is 0.907. The van der Waals surface area contributed by atoms with Gasteiger partial charge in [-0.15, -0.1) is 0 Å². The molecule has 0 unspecified atom stereocenters. The molecule has 0 radical (unpaired) electrons. The molecule has 1 fully saturated rings. The summed E-state index contributed by atoms with van der Waals surface area (Å²) in [5.74, 6) is -0.741. The first-order chi connectivity index (χ1) is 5.68. The normalized spacial score (nSPS) is 27.1. The van der Waals surface area contributed by atoms with Crippen molar-refractivity contribution in [2.24, 2.45) is 13.0 Å². The van der Waals surface area contributed by atoms with Gasteiger partial charge in [0.1, 0.15) is 0 Å². The average molecular weight is 166 g/mol. The maximum atomic E-state index is 10.5. The molecule has 0 saturated heterocycles. The minimum Gasteiger partial charge on any atom is -0.481 e. The number of carbonyl (C=O) groups is 1. The molecule has 1 N–H and O–H groups in total. The maximum Gasteiger partial charge on any atom is 0.307 e.